The van der Waals surface area contributed by atoms with E-state index in [-0.39, 0.29) is 6.54 Å². The van der Waals surface area contributed by atoms with Crippen LogP contribution in [0.4, 0.5) is 18.9 Å². The summed E-state index contributed by atoms with van der Waals surface area (Å²) in [6.45, 7) is 4.39. The highest BCUT2D eigenvalue weighted by Gasteiger charge is 2.36. The van der Waals surface area contributed by atoms with Crippen molar-refractivity contribution in [3.63, 3.8) is 0 Å². The zero-order chi connectivity index (χ0) is 18.7. The minimum atomic E-state index is -4.44. The first-order valence-corrected chi connectivity index (χ1v) is 8.55. The summed E-state index contributed by atoms with van der Waals surface area (Å²) in [6.07, 6.45) is -2.97. The SMILES string of the molecule is CCNCCN(C)c1cccc2c1cc(C(F)(F)F)n2Cc1ccco1. The third-order valence-corrected chi connectivity index (χ3v) is 4.39. The Kier molecular flexibility index (Phi) is 5.27. The normalized spacial score (nSPS) is 12.0. The smallest absolute Gasteiger partial charge is 0.431 e. The van der Waals surface area contributed by atoms with Crippen LogP contribution in [-0.4, -0.2) is 31.2 Å². The van der Waals surface area contributed by atoms with E-state index in [9.17, 15) is 13.2 Å². The van der Waals surface area contributed by atoms with Crippen LogP contribution in [0.15, 0.2) is 47.1 Å². The lowest BCUT2D eigenvalue weighted by atomic mass is 10.2. The maximum Gasteiger partial charge on any atom is 0.431 e. The molecule has 0 spiro atoms. The quantitative estimate of drug-likeness (QED) is 0.632. The number of halogens is 3. The molecule has 4 nitrogen and oxygen atoms in total. The molecular formula is C19H22F3N3O. The Morgan fingerprint density at radius 1 is 1.19 bits per heavy atom. The molecular weight excluding hydrogens is 343 g/mol. The molecule has 3 aromatic rings. The van der Waals surface area contributed by atoms with E-state index < -0.39 is 11.9 Å². The van der Waals surface area contributed by atoms with E-state index in [0.717, 1.165) is 18.8 Å². The summed E-state index contributed by atoms with van der Waals surface area (Å²) in [5.41, 5.74) is 0.655. The summed E-state index contributed by atoms with van der Waals surface area (Å²) in [4.78, 5) is 1.97. The molecule has 26 heavy (non-hydrogen) atoms. The molecule has 0 saturated carbocycles. The number of furan rings is 1. The Balaban J connectivity index is 2.06. The standard InChI is InChI=1S/C19H22F3N3O/c1-3-23-9-10-24(2)16-7-4-8-17-15(16)12-18(19(20,21)22)25(17)13-14-6-5-11-26-14/h4-8,11-12,23H,3,9-10,13H2,1-2H3. The van der Waals surface area contributed by atoms with Crippen LogP contribution in [0.5, 0.6) is 0 Å². The molecule has 7 heteroatoms. The molecule has 0 amide bonds. The van der Waals surface area contributed by atoms with Crippen LogP contribution >= 0.6 is 0 Å². The molecule has 0 aliphatic rings. The molecule has 2 aromatic heterocycles. The van der Waals surface area contributed by atoms with Crippen molar-refractivity contribution in [2.75, 3.05) is 31.6 Å². The van der Waals surface area contributed by atoms with Crippen molar-refractivity contribution in [3.05, 3.63) is 54.1 Å². The van der Waals surface area contributed by atoms with E-state index in [0.29, 0.717) is 23.2 Å². The van der Waals surface area contributed by atoms with Gasteiger partial charge in [-0.2, -0.15) is 13.2 Å². The molecule has 0 bridgehead atoms. The zero-order valence-electron chi connectivity index (χ0n) is 14.8. The van der Waals surface area contributed by atoms with Gasteiger partial charge in [0, 0.05) is 31.2 Å². The molecule has 0 saturated heterocycles. The van der Waals surface area contributed by atoms with Gasteiger partial charge in [-0.05, 0) is 36.9 Å². The third-order valence-electron chi connectivity index (χ3n) is 4.39. The molecule has 0 atom stereocenters. The van der Waals surface area contributed by atoms with Gasteiger partial charge in [-0.15, -0.1) is 0 Å². The van der Waals surface area contributed by atoms with Crippen LogP contribution < -0.4 is 10.2 Å². The van der Waals surface area contributed by atoms with Gasteiger partial charge in [0.1, 0.15) is 11.5 Å². The lowest BCUT2D eigenvalue weighted by molar-refractivity contribution is -0.143. The predicted molar refractivity (Wildman–Crippen MR) is 96.6 cm³/mol. The summed E-state index contributed by atoms with van der Waals surface area (Å²) in [6, 6.07) is 9.95. The number of fused-ring (bicyclic) bond motifs is 1. The Hall–Kier alpha value is -2.41. The molecule has 0 aliphatic carbocycles. The number of anilines is 1. The van der Waals surface area contributed by atoms with Gasteiger partial charge in [0.05, 0.1) is 18.3 Å². The van der Waals surface area contributed by atoms with Crippen LogP contribution in [0, 0.1) is 0 Å². The molecule has 0 unspecified atom stereocenters. The van der Waals surface area contributed by atoms with Crippen LogP contribution in [-0.2, 0) is 12.7 Å². The average molecular weight is 365 g/mol. The number of benzene rings is 1. The van der Waals surface area contributed by atoms with E-state index >= 15 is 0 Å². The van der Waals surface area contributed by atoms with Crippen molar-refractivity contribution in [2.45, 2.75) is 19.6 Å². The second kappa shape index (κ2) is 7.45. The lowest BCUT2D eigenvalue weighted by Gasteiger charge is -2.20. The van der Waals surface area contributed by atoms with E-state index in [2.05, 4.69) is 5.32 Å². The summed E-state index contributed by atoms with van der Waals surface area (Å²) >= 11 is 0. The van der Waals surface area contributed by atoms with Gasteiger partial charge < -0.3 is 19.2 Å². The van der Waals surface area contributed by atoms with Gasteiger partial charge in [0.2, 0.25) is 0 Å². The van der Waals surface area contributed by atoms with Gasteiger partial charge in [-0.1, -0.05) is 13.0 Å². The van der Waals surface area contributed by atoms with E-state index in [1.165, 1.54) is 16.9 Å². The first-order valence-electron chi connectivity index (χ1n) is 8.55. The fraction of sp³-hybridized carbons (Fsp3) is 0.368. The summed E-state index contributed by atoms with van der Waals surface area (Å²) in [5, 5.41) is 3.82. The first kappa shape index (κ1) is 18.4. The van der Waals surface area contributed by atoms with Gasteiger partial charge in [0.25, 0.3) is 0 Å². The minimum Gasteiger partial charge on any atom is -0.467 e. The monoisotopic (exact) mass is 365 g/mol. The van der Waals surface area contributed by atoms with Gasteiger partial charge in [-0.25, -0.2) is 0 Å². The van der Waals surface area contributed by atoms with Gasteiger partial charge >= 0.3 is 6.18 Å². The van der Waals surface area contributed by atoms with Crippen molar-refractivity contribution >= 4 is 16.6 Å². The van der Waals surface area contributed by atoms with E-state index in [4.69, 9.17) is 4.42 Å². The van der Waals surface area contributed by atoms with Crippen LogP contribution in [0.2, 0.25) is 0 Å². The molecule has 0 aliphatic heterocycles. The Labute approximate surface area is 150 Å². The number of likely N-dealkylation sites (N-methyl/N-ethyl adjacent to an activating group) is 2. The van der Waals surface area contributed by atoms with Crippen LogP contribution in [0.3, 0.4) is 0 Å². The van der Waals surface area contributed by atoms with Crippen molar-refractivity contribution in [1.29, 1.82) is 0 Å². The van der Waals surface area contributed by atoms with Crippen molar-refractivity contribution in [1.82, 2.24) is 9.88 Å². The second-order valence-electron chi connectivity index (χ2n) is 6.18. The van der Waals surface area contributed by atoms with Gasteiger partial charge in [-0.3, -0.25) is 0 Å². The molecule has 2 heterocycles. The largest absolute Gasteiger partial charge is 0.467 e. The molecule has 1 aromatic carbocycles. The molecule has 0 fully saturated rings. The van der Waals surface area contributed by atoms with Crippen LogP contribution in [0.1, 0.15) is 18.4 Å². The van der Waals surface area contributed by atoms with Crippen molar-refractivity contribution < 1.29 is 17.6 Å². The molecule has 0 radical (unpaired) electrons. The van der Waals surface area contributed by atoms with Crippen molar-refractivity contribution in [2.24, 2.45) is 0 Å². The molecule has 140 valence electrons. The highest BCUT2D eigenvalue weighted by Crippen LogP contribution is 2.37. The third kappa shape index (κ3) is 3.72. The lowest BCUT2D eigenvalue weighted by Crippen LogP contribution is -2.28. The van der Waals surface area contributed by atoms with Gasteiger partial charge in [0.15, 0.2) is 0 Å². The fourth-order valence-electron chi connectivity index (χ4n) is 3.11. The topological polar surface area (TPSA) is 33.3 Å². The summed E-state index contributed by atoms with van der Waals surface area (Å²) in [7, 11) is 1.89. The van der Waals surface area contributed by atoms with E-state index in [1.807, 2.05) is 24.9 Å². The Morgan fingerprint density at radius 2 is 2.00 bits per heavy atom. The number of nitrogens with zero attached hydrogens (tertiary/aromatic N) is 2. The van der Waals surface area contributed by atoms with Crippen molar-refractivity contribution in [3.8, 4) is 0 Å². The number of nitrogens with one attached hydrogen (secondary N) is 1. The number of hydrogen-bond acceptors (Lipinski definition) is 3. The Bertz CT molecular complexity index is 853. The number of hydrogen-bond donors (Lipinski definition) is 1. The second-order valence-corrected chi connectivity index (χ2v) is 6.18. The average Bonchev–Trinajstić information content (AvgIpc) is 3.23. The zero-order valence-corrected chi connectivity index (χ0v) is 14.8. The minimum absolute atomic E-state index is 0.0376. The van der Waals surface area contributed by atoms with E-state index in [1.54, 1.807) is 24.3 Å². The Morgan fingerprint density at radius 3 is 2.65 bits per heavy atom. The number of aromatic nitrogens is 1. The molecule has 3 rings (SSSR count). The maximum atomic E-state index is 13.6. The molecule has 1 N–H and O–H groups in total. The summed E-state index contributed by atoms with van der Waals surface area (Å²) in [5.74, 6) is 0.485. The number of alkyl halides is 3. The highest BCUT2D eigenvalue weighted by molar-refractivity contribution is 5.94. The first-order chi connectivity index (χ1) is 12.4. The maximum absolute atomic E-state index is 13.6. The fourth-order valence-corrected chi connectivity index (χ4v) is 3.11. The summed E-state index contributed by atoms with van der Waals surface area (Å²) < 4.78 is 47.4. The van der Waals surface area contributed by atoms with Crippen LogP contribution in [0.25, 0.3) is 10.9 Å². The number of rotatable bonds is 7. The highest BCUT2D eigenvalue weighted by atomic mass is 19.4. The predicted octanol–water partition coefficient (Wildman–Crippen LogP) is 4.35.